The Kier molecular flexibility index (Phi) is 1.45. The van der Waals surface area contributed by atoms with Crippen LogP contribution in [0.15, 0.2) is 0 Å². The summed E-state index contributed by atoms with van der Waals surface area (Å²) in [5, 5.41) is 0. The van der Waals surface area contributed by atoms with Crippen LogP contribution in [-0.2, 0) is 0 Å². The Morgan fingerprint density at radius 3 is 1.50 bits per heavy atom. The van der Waals surface area contributed by atoms with Gasteiger partial charge in [-0.25, -0.2) is 0 Å². The summed E-state index contributed by atoms with van der Waals surface area (Å²) in [7, 11) is 3.89. The Morgan fingerprint density at radius 1 is 1.50 bits per heavy atom. The molecule has 0 amide bonds. The minimum absolute atomic E-state index is 0.333. The average Bonchev–Trinajstić information content (AvgIpc) is 0.811. The van der Waals surface area contributed by atoms with Crippen LogP contribution in [-0.4, -0.2) is 21.5 Å². The fourth-order valence-electron chi connectivity index (χ4n) is 0. The van der Waals surface area contributed by atoms with Crippen molar-refractivity contribution in [2.45, 2.75) is 5.84 Å². The van der Waals surface area contributed by atoms with Gasteiger partial charge in [-0.15, -0.1) is 0 Å². The third kappa shape index (κ3) is 307. The number of hydrogen-bond acceptors (Lipinski definition) is 1. The fraction of sp³-hybridized carbons (Fsp3) is 1.00. The van der Waals surface area contributed by atoms with Gasteiger partial charge in [-0.1, -0.05) is 5.84 Å². The van der Waals surface area contributed by atoms with E-state index in [9.17, 15) is 0 Å². The molecule has 1 nitrogen and oxygen atoms in total. The first-order valence-corrected chi connectivity index (χ1v) is 1.49. The number of nitrogens with two attached hydrogens (primary N) is 1. The smallest absolute Gasteiger partial charge is 0.112 e. The molecule has 0 spiro atoms. The zero-order valence-electron chi connectivity index (χ0n) is 3.15. The summed E-state index contributed by atoms with van der Waals surface area (Å²) in [4.78, 5) is 0. The summed E-state index contributed by atoms with van der Waals surface area (Å²) in [5.74, 6) is 0.333. The third-order valence-electron chi connectivity index (χ3n) is 0. The molecule has 0 aliphatic heterocycles. The highest BCUT2D eigenvalue weighted by Crippen LogP contribution is 1.36. The molecule has 0 rings (SSSR count). The maximum Gasteiger partial charge on any atom is 0.112 e. The SMILES string of the molecule is BC(B)N. The van der Waals surface area contributed by atoms with Crippen molar-refractivity contribution in [3.05, 3.63) is 0 Å². The van der Waals surface area contributed by atoms with E-state index in [0.29, 0.717) is 5.84 Å². The maximum atomic E-state index is 5.11. The van der Waals surface area contributed by atoms with Gasteiger partial charge >= 0.3 is 0 Å². The Morgan fingerprint density at radius 2 is 1.50 bits per heavy atom. The lowest BCUT2D eigenvalue weighted by Crippen LogP contribution is -2.18. The number of hydrogen-bond donors (Lipinski definition) is 1. The lowest BCUT2D eigenvalue weighted by molar-refractivity contribution is 1.27. The molecule has 0 bridgehead atoms. The second-order valence-electron chi connectivity index (χ2n) is 1.24. The quantitative estimate of drug-likeness (QED) is 0.304. The van der Waals surface area contributed by atoms with E-state index in [0.717, 1.165) is 0 Å². The van der Waals surface area contributed by atoms with Crippen molar-refractivity contribution in [3.8, 4) is 0 Å². The molecule has 0 atom stereocenters. The van der Waals surface area contributed by atoms with Gasteiger partial charge in [0.2, 0.25) is 0 Å². The van der Waals surface area contributed by atoms with E-state index in [1.165, 1.54) is 0 Å². The van der Waals surface area contributed by atoms with Gasteiger partial charge in [0.25, 0.3) is 0 Å². The van der Waals surface area contributed by atoms with Crippen molar-refractivity contribution in [1.29, 1.82) is 0 Å². The standard InChI is InChI=1S/CH7B2N/c2-1(3)4/h1H,2-4H2. The molecule has 0 aliphatic carbocycles. The van der Waals surface area contributed by atoms with Crippen LogP contribution in [0.4, 0.5) is 0 Å². The van der Waals surface area contributed by atoms with Gasteiger partial charge in [0, 0.05) is 0 Å². The van der Waals surface area contributed by atoms with Gasteiger partial charge in [-0.2, -0.15) is 0 Å². The van der Waals surface area contributed by atoms with Crippen molar-refractivity contribution in [2.24, 2.45) is 5.73 Å². The van der Waals surface area contributed by atoms with Crippen molar-refractivity contribution in [3.63, 3.8) is 0 Å². The Bertz CT molecular complexity index is 10.8. The van der Waals surface area contributed by atoms with Gasteiger partial charge in [-0.05, 0) is 0 Å². The topological polar surface area (TPSA) is 26.0 Å². The van der Waals surface area contributed by atoms with Crippen molar-refractivity contribution >= 4 is 15.7 Å². The molecule has 0 aromatic rings. The predicted octanol–water partition coefficient (Wildman–Crippen LogP) is -2.51. The van der Waals surface area contributed by atoms with Crippen molar-refractivity contribution in [1.82, 2.24) is 0 Å². The van der Waals surface area contributed by atoms with Gasteiger partial charge in [0.05, 0.1) is 0 Å². The first-order chi connectivity index (χ1) is 1.73. The molecule has 0 saturated heterocycles. The maximum absolute atomic E-state index is 5.11. The van der Waals surface area contributed by atoms with Gasteiger partial charge < -0.3 is 5.73 Å². The summed E-state index contributed by atoms with van der Waals surface area (Å²) in [5.41, 5.74) is 5.11. The zero-order chi connectivity index (χ0) is 3.58. The van der Waals surface area contributed by atoms with E-state index < -0.39 is 0 Å². The van der Waals surface area contributed by atoms with Crippen LogP contribution in [0.1, 0.15) is 0 Å². The molecule has 0 radical (unpaired) electrons. The van der Waals surface area contributed by atoms with Crippen LogP contribution < -0.4 is 5.73 Å². The van der Waals surface area contributed by atoms with Gasteiger partial charge in [0.15, 0.2) is 0 Å². The second kappa shape index (κ2) is 1.41. The fourth-order valence-corrected chi connectivity index (χ4v) is 0. The molecule has 0 fully saturated rings. The molecule has 0 aromatic heterocycles. The van der Waals surface area contributed by atoms with E-state index in [2.05, 4.69) is 0 Å². The molecule has 2 N–H and O–H groups in total. The summed E-state index contributed by atoms with van der Waals surface area (Å²) in [6.07, 6.45) is 0. The average molecular weight is 54.7 g/mol. The Labute approximate surface area is 28.4 Å². The Balaban J connectivity index is 2.32. The summed E-state index contributed by atoms with van der Waals surface area (Å²) >= 11 is 0. The molecular weight excluding hydrogens is 47.6 g/mol. The van der Waals surface area contributed by atoms with Crippen LogP contribution in [0, 0.1) is 0 Å². The first-order valence-electron chi connectivity index (χ1n) is 1.49. The third-order valence-corrected chi connectivity index (χ3v) is 0. The molecule has 0 unspecified atom stereocenters. The van der Waals surface area contributed by atoms with Crippen molar-refractivity contribution < 1.29 is 0 Å². The van der Waals surface area contributed by atoms with Crippen LogP contribution >= 0.6 is 0 Å². The van der Waals surface area contributed by atoms with Crippen LogP contribution in [0.25, 0.3) is 0 Å². The lowest BCUT2D eigenvalue weighted by Gasteiger charge is -1.79. The Hall–Kier alpha value is 0.0899. The zero-order valence-corrected chi connectivity index (χ0v) is 3.15. The molecular formula is CH7B2N. The molecule has 0 heterocycles. The monoisotopic (exact) mass is 55.1 g/mol. The van der Waals surface area contributed by atoms with E-state index in [1.807, 2.05) is 15.7 Å². The molecule has 0 aliphatic rings. The molecule has 4 heavy (non-hydrogen) atoms. The van der Waals surface area contributed by atoms with E-state index >= 15 is 0 Å². The largest absolute Gasteiger partial charge is 0.343 e. The minimum Gasteiger partial charge on any atom is -0.343 e. The summed E-state index contributed by atoms with van der Waals surface area (Å²) in [6.45, 7) is 0. The number of rotatable bonds is 0. The predicted molar refractivity (Wildman–Crippen MR) is 25.1 cm³/mol. The van der Waals surface area contributed by atoms with Gasteiger partial charge in [-0.3, -0.25) is 0 Å². The normalized spacial score (nSPS) is 8.50. The molecule has 0 saturated carbocycles. The second-order valence-corrected chi connectivity index (χ2v) is 1.24. The summed E-state index contributed by atoms with van der Waals surface area (Å²) in [6, 6.07) is 0. The molecule has 3 heteroatoms. The van der Waals surface area contributed by atoms with Crippen LogP contribution in [0.3, 0.4) is 0 Å². The first kappa shape index (κ1) is 4.09. The van der Waals surface area contributed by atoms with E-state index in [4.69, 9.17) is 5.73 Å². The highest BCUT2D eigenvalue weighted by atomic mass is 14.5. The van der Waals surface area contributed by atoms with Crippen LogP contribution in [0.5, 0.6) is 0 Å². The van der Waals surface area contributed by atoms with Crippen LogP contribution in [0.2, 0.25) is 0 Å². The van der Waals surface area contributed by atoms with E-state index in [1.54, 1.807) is 0 Å². The van der Waals surface area contributed by atoms with Gasteiger partial charge in [0.1, 0.15) is 15.7 Å². The minimum atomic E-state index is 0.333. The summed E-state index contributed by atoms with van der Waals surface area (Å²) < 4.78 is 0. The molecule has 0 aromatic carbocycles. The lowest BCUT2D eigenvalue weighted by atomic mass is 9.80. The highest BCUT2D eigenvalue weighted by molar-refractivity contribution is 6.35. The van der Waals surface area contributed by atoms with Crippen molar-refractivity contribution in [2.75, 3.05) is 0 Å². The molecule has 22 valence electrons. The van der Waals surface area contributed by atoms with E-state index in [-0.39, 0.29) is 0 Å². The highest BCUT2D eigenvalue weighted by Gasteiger charge is 1.70.